The highest BCUT2D eigenvalue weighted by molar-refractivity contribution is 5.96. The summed E-state index contributed by atoms with van der Waals surface area (Å²) in [5, 5.41) is 5.66. The van der Waals surface area contributed by atoms with Crippen LogP contribution in [0.25, 0.3) is 0 Å². The molecule has 5 nitrogen and oxygen atoms in total. The molecule has 1 heterocycles. The van der Waals surface area contributed by atoms with Crippen LogP contribution in [0, 0.1) is 5.92 Å². The number of hydrogen-bond donors (Lipinski definition) is 2. The predicted molar refractivity (Wildman–Crippen MR) is 77.9 cm³/mol. The van der Waals surface area contributed by atoms with Crippen molar-refractivity contribution in [1.29, 1.82) is 0 Å². The number of carbonyl (C=O) groups excluding carboxylic acids is 2. The third-order valence-electron chi connectivity index (χ3n) is 3.46. The van der Waals surface area contributed by atoms with E-state index < -0.39 is 0 Å². The van der Waals surface area contributed by atoms with Gasteiger partial charge in [0.05, 0.1) is 18.7 Å². The molecule has 108 valence electrons. The molecule has 0 radical (unpaired) electrons. The second-order valence-electron chi connectivity index (χ2n) is 4.86. The van der Waals surface area contributed by atoms with Crippen LogP contribution in [0.4, 0.5) is 11.4 Å². The molecule has 2 amide bonds. The SMILES string of the molecule is CCC(CC)C(=O)Nc1ccc2c(c1)NC(=O)CCO2. The number of rotatable bonds is 4. The molecule has 0 saturated heterocycles. The minimum absolute atomic E-state index is 0.0100. The third-order valence-corrected chi connectivity index (χ3v) is 3.46. The van der Waals surface area contributed by atoms with Gasteiger partial charge in [-0.1, -0.05) is 13.8 Å². The normalized spacial score (nSPS) is 14.1. The van der Waals surface area contributed by atoms with E-state index in [4.69, 9.17) is 4.74 Å². The van der Waals surface area contributed by atoms with Crippen LogP contribution in [-0.2, 0) is 9.59 Å². The molecule has 1 aliphatic rings. The van der Waals surface area contributed by atoms with Gasteiger partial charge in [0.25, 0.3) is 0 Å². The molecular formula is C15H20N2O3. The van der Waals surface area contributed by atoms with E-state index in [0.717, 1.165) is 12.8 Å². The van der Waals surface area contributed by atoms with E-state index in [1.54, 1.807) is 18.2 Å². The average molecular weight is 276 g/mol. The fraction of sp³-hybridized carbons (Fsp3) is 0.467. The summed E-state index contributed by atoms with van der Waals surface area (Å²) in [6, 6.07) is 5.29. The number of benzene rings is 1. The fourth-order valence-corrected chi connectivity index (χ4v) is 2.20. The Labute approximate surface area is 118 Å². The Bertz CT molecular complexity index is 510. The van der Waals surface area contributed by atoms with Gasteiger partial charge in [0.2, 0.25) is 11.8 Å². The maximum absolute atomic E-state index is 12.0. The summed E-state index contributed by atoms with van der Waals surface area (Å²) in [7, 11) is 0. The Morgan fingerprint density at radius 1 is 1.40 bits per heavy atom. The number of fused-ring (bicyclic) bond motifs is 1. The summed E-state index contributed by atoms with van der Waals surface area (Å²) in [6.07, 6.45) is 1.96. The molecule has 1 aliphatic heterocycles. The number of hydrogen-bond acceptors (Lipinski definition) is 3. The predicted octanol–water partition coefficient (Wildman–Crippen LogP) is 2.78. The molecule has 1 aromatic carbocycles. The van der Waals surface area contributed by atoms with Crippen LogP contribution >= 0.6 is 0 Å². The molecule has 1 aromatic rings. The summed E-state index contributed by atoms with van der Waals surface area (Å²) in [4.78, 5) is 23.5. The molecular weight excluding hydrogens is 256 g/mol. The van der Waals surface area contributed by atoms with Gasteiger partial charge in [-0.3, -0.25) is 9.59 Å². The summed E-state index contributed by atoms with van der Waals surface area (Å²) < 4.78 is 5.47. The zero-order chi connectivity index (χ0) is 14.5. The van der Waals surface area contributed by atoms with Crippen molar-refractivity contribution in [2.45, 2.75) is 33.1 Å². The molecule has 2 rings (SSSR count). The highest BCUT2D eigenvalue weighted by atomic mass is 16.5. The van der Waals surface area contributed by atoms with E-state index in [9.17, 15) is 9.59 Å². The van der Waals surface area contributed by atoms with Gasteiger partial charge in [-0.05, 0) is 31.0 Å². The Balaban J connectivity index is 2.14. The summed E-state index contributed by atoms with van der Waals surface area (Å²) in [5.74, 6) is 0.582. The van der Waals surface area contributed by atoms with Crippen molar-refractivity contribution >= 4 is 23.2 Å². The van der Waals surface area contributed by atoms with Gasteiger partial charge in [-0.15, -0.1) is 0 Å². The van der Waals surface area contributed by atoms with E-state index in [-0.39, 0.29) is 17.7 Å². The molecule has 0 aliphatic carbocycles. The van der Waals surface area contributed by atoms with E-state index in [1.807, 2.05) is 13.8 Å². The first-order valence-corrected chi connectivity index (χ1v) is 7.01. The maximum Gasteiger partial charge on any atom is 0.227 e. The average Bonchev–Trinajstić information content (AvgIpc) is 2.60. The second-order valence-corrected chi connectivity index (χ2v) is 4.86. The van der Waals surface area contributed by atoms with Crippen LogP contribution in [0.2, 0.25) is 0 Å². The molecule has 0 spiro atoms. The number of amides is 2. The van der Waals surface area contributed by atoms with E-state index in [0.29, 0.717) is 30.2 Å². The van der Waals surface area contributed by atoms with E-state index >= 15 is 0 Å². The molecule has 2 N–H and O–H groups in total. The van der Waals surface area contributed by atoms with E-state index in [2.05, 4.69) is 10.6 Å². The monoisotopic (exact) mass is 276 g/mol. The Morgan fingerprint density at radius 3 is 2.85 bits per heavy atom. The molecule has 0 saturated carbocycles. The standard InChI is InChI=1S/C15H20N2O3/c1-3-10(4-2)15(19)16-11-5-6-13-12(9-11)17-14(18)7-8-20-13/h5-6,9-10H,3-4,7-8H2,1-2H3,(H,16,19)(H,17,18). The highest BCUT2D eigenvalue weighted by Gasteiger charge is 2.17. The first-order chi connectivity index (χ1) is 9.63. The lowest BCUT2D eigenvalue weighted by Gasteiger charge is -2.14. The number of anilines is 2. The zero-order valence-electron chi connectivity index (χ0n) is 11.9. The number of nitrogens with one attached hydrogen (secondary N) is 2. The topological polar surface area (TPSA) is 67.4 Å². The van der Waals surface area contributed by atoms with Gasteiger partial charge in [-0.25, -0.2) is 0 Å². The van der Waals surface area contributed by atoms with Crippen molar-refractivity contribution in [2.75, 3.05) is 17.2 Å². The Morgan fingerprint density at radius 2 is 2.15 bits per heavy atom. The maximum atomic E-state index is 12.0. The molecule has 5 heteroatoms. The summed E-state index contributed by atoms with van der Waals surface area (Å²) >= 11 is 0. The van der Waals surface area contributed by atoms with Crippen molar-refractivity contribution < 1.29 is 14.3 Å². The molecule has 0 aromatic heterocycles. The molecule has 0 unspecified atom stereocenters. The first-order valence-electron chi connectivity index (χ1n) is 7.01. The molecule has 20 heavy (non-hydrogen) atoms. The summed E-state index contributed by atoms with van der Waals surface area (Å²) in [5.41, 5.74) is 1.28. The minimum atomic E-state index is -0.0766. The quantitative estimate of drug-likeness (QED) is 0.888. The third kappa shape index (κ3) is 3.29. The van der Waals surface area contributed by atoms with Crippen molar-refractivity contribution in [2.24, 2.45) is 5.92 Å². The van der Waals surface area contributed by atoms with Crippen LogP contribution in [0.15, 0.2) is 18.2 Å². The summed E-state index contributed by atoms with van der Waals surface area (Å²) in [6.45, 7) is 4.37. The Hall–Kier alpha value is -2.04. The highest BCUT2D eigenvalue weighted by Crippen LogP contribution is 2.30. The van der Waals surface area contributed by atoms with Crippen LogP contribution in [0.5, 0.6) is 5.75 Å². The lowest BCUT2D eigenvalue weighted by atomic mass is 10.0. The van der Waals surface area contributed by atoms with E-state index in [1.165, 1.54) is 0 Å². The van der Waals surface area contributed by atoms with Crippen molar-refractivity contribution in [3.05, 3.63) is 18.2 Å². The van der Waals surface area contributed by atoms with Crippen LogP contribution in [0.3, 0.4) is 0 Å². The van der Waals surface area contributed by atoms with Crippen molar-refractivity contribution in [3.8, 4) is 5.75 Å². The van der Waals surface area contributed by atoms with Gasteiger partial charge < -0.3 is 15.4 Å². The minimum Gasteiger partial charge on any atom is -0.491 e. The zero-order valence-corrected chi connectivity index (χ0v) is 11.9. The first kappa shape index (κ1) is 14.4. The van der Waals surface area contributed by atoms with Gasteiger partial charge in [-0.2, -0.15) is 0 Å². The van der Waals surface area contributed by atoms with Crippen molar-refractivity contribution in [3.63, 3.8) is 0 Å². The van der Waals surface area contributed by atoms with Crippen LogP contribution < -0.4 is 15.4 Å². The van der Waals surface area contributed by atoms with Crippen molar-refractivity contribution in [1.82, 2.24) is 0 Å². The lowest BCUT2D eigenvalue weighted by molar-refractivity contribution is -0.120. The number of ether oxygens (including phenoxy) is 1. The van der Waals surface area contributed by atoms with Gasteiger partial charge >= 0.3 is 0 Å². The molecule has 0 bridgehead atoms. The fourth-order valence-electron chi connectivity index (χ4n) is 2.20. The van der Waals surface area contributed by atoms with Gasteiger partial charge in [0.1, 0.15) is 5.75 Å². The van der Waals surface area contributed by atoms with Crippen LogP contribution in [0.1, 0.15) is 33.1 Å². The largest absolute Gasteiger partial charge is 0.491 e. The van der Waals surface area contributed by atoms with Gasteiger partial charge in [0.15, 0.2) is 0 Å². The lowest BCUT2D eigenvalue weighted by Crippen LogP contribution is -2.21. The Kier molecular flexibility index (Phi) is 4.61. The molecule has 0 fully saturated rings. The second kappa shape index (κ2) is 6.41. The van der Waals surface area contributed by atoms with Gasteiger partial charge in [0, 0.05) is 11.6 Å². The molecule has 0 atom stereocenters. The van der Waals surface area contributed by atoms with Crippen LogP contribution in [-0.4, -0.2) is 18.4 Å². The number of carbonyl (C=O) groups is 2. The smallest absolute Gasteiger partial charge is 0.227 e.